The molecule has 3 aliphatic heterocycles. The van der Waals surface area contributed by atoms with E-state index >= 15 is 0 Å². The summed E-state index contributed by atoms with van der Waals surface area (Å²) < 4.78 is 14.3. The second-order valence-electron chi connectivity index (χ2n) is 19.5. The van der Waals surface area contributed by atoms with Crippen molar-refractivity contribution in [1.29, 1.82) is 0 Å². The number of ether oxygens (including phenoxy) is 2. The number of hydrogen-bond donors (Lipinski definition) is 2. The summed E-state index contributed by atoms with van der Waals surface area (Å²) in [4.78, 5) is 77.4. The topological polar surface area (TPSA) is 155 Å². The fourth-order valence-electron chi connectivity index (χ4n) is 10.2. The van der Waals surface area contributed by atoms with Crippen LogP contribution in [0.4, 0.5) is 0 Å². The molecule has 2 N–H and O–H groups in total. The van der Waals surface area contributed by atoms with E-state index in [1.165, 1.54) is 16.0 Å². The van der Waals surface area contributed by atoms with E-state index in [0.29, 0.717) is 45.3 Å². The zero-order valence-corrected chi connectivity index (χ0v) is 40.1. The highest BCUT2D eigenvalue weighted by atomic mass is 16.5. The van der Waals surface area contributed by atoms with Crippen LogP contribution >= 0.6 is 0 Å². The summed E-state index contributed by atoms with van der Waals surface area (Å²) in [6.45, 7) is 19.5. The van der Waals surface area contributed by atoms with Gasteiger partial charge in [-0.1, -0.05) is 64.1 Å². The fourth-order valence-corrected chi connectivity index (χ4v) is 10.2. The average Bonchev–Trinajstić information content (AvgIpc) is 3.92. The maximum atomic E-state index is 14.8. The van der Waals surface area contributed by atoms with Crippen LogP contribution in [0.25, 0.3) is 33.3 Å². The Labute approximate surface area is 389 Å². The molecule has 5 atom stereocenters. The van der Waals surface area contributed by atoms with Gasteiger partial charge < -0.3 is 29.2 Å². The van der Waals surface area contributed by atoms with Gasteiger partial charge in [0.1, 0.15) is 18.1 Å². The van der Waals surface area contributed by atoms with Crippen LogP contribution in [-0.4, -0.2) is 112 Å². The summed E-state index contributed by atoms with van der Waals surface area (Å²) >= 11 is 0. The Balaban J connectivity index is 1.31. The van der Waals surface area contributed by atoms with Crippen molar-refractivity contribution in [3.63, 3.8) is 0 Å². The third-order valence-corrected chi connectivity index (χ3v) is 13.5. The van der Waals surface area contributed by atoms with E-state index in [1.54, 1.807) is 25.3 Å². The summed E-state index contributed by atoms with van der Waals surface area (Å²) in [5.41, 5.74) is 11.5. The van der Waals surface area contributed by atoms with Crippen molar-refractivity contribution in [2.75, 3.05) is 40.4 Å². The molecule has 0 saturated carbocycles. The van der Waals surface area contributed by atoms with Crippen molar-refractivity contribution in [3.05, 3.63) is 89.8 Å². The number of methoxy groups -OCH3 is 1. The first-order valence-electron chi connectivity index (χ1n) is 23.4. The molecule has 1 unspecified atom stereocenters. The number of amides is 4. The number of cyclic esters (lactones) is 1. The molecule has 2 aromatic carbocycles. The lowest BCUT2D eigenvalue weighted by Crippen LogP contribution is -2.62. The minimum absolute atomic E-state index is 0.135. The fraction of sp³-hybridized carbons (Fsp3) is 0.500. The molecule has 2 aromatic heterocycles. The number of aromatic nitrogens is 2. The van der Waals surface area contributed by atoms with Crippen LogP contribution in [0.15, 0.2) is 67.4 Å². The number of carbonyl (C=O) groups is 5. The number of rotatable bonds is 10. The molecule has 4 amide bonds. The Morgan fingerprint density at radius 2 is 1.85 bits per heavy atom. The molecule has 2 fully saturated rings. The lowest BCUT2D eigenvalue weighted by atomic mass is 9.84. The first-order valence-corrected chi connectivity index (χ1v) is 23.4. The van der Waals surface area contributed by atoms with Gasteiger partial charge in [-0.2, -0.15) is 0 Å². The zero-order valence-electron chi connectivity index (χ0n) is 40.1. The van der Waals surface area contributed by atoms with Gasteiger partial charge in [0.05, 0.1) is 30.0 Å². The van der Waals surface area contributed by atoms with Crippen molar-refractivity contribution in [2.45, 2.75) is 111 Å². The SMILES string of the molecule is C=CC(=O)N1CCC(C(=O)N(C)[C@H](C(=O)N[C@H]2Cc3cc(C)cc(c3)-c3ccc4c(c3)c(c(-c3cccnc3[C@H](C)OC)n4CC)CC(C)(C)COC(=O)[C@@H]3CCCN(N3)C2=O)C(C)C)C1. The number of likely N-dealkylation sites (tertiary alicyclic amines) is 1. The van der Waals surface area contributed by atoms with Crippen LogP contribution in [0, 0.1) is 24.2 Å². The van der Waals surface area contributed by atoms with Crippen molar-refractivity contribution in [2.24, 2.45) is 17.3 Å². The van der Waals surface area contributed by atoms with E-state index < -0.39 is 47.2 Å². The Bertz CT molecular complexity index is 2510. The van der Waals surface area contributed by atoms with Crippen molar-refractivity contribution in [3.8, 4) is 22.4 Å². The third kappa shape index (κ3) is 9.95. The van der Waals surface area contributed by atoms with Crippen LogP contribution < -0.4 is 10.7 Å². The highest BCUT2D eigenvalue weighted by molar-refractivity contribution is 5.96. The monoisotopic (exact) mass is 902 g/mol. The molecule has 0 spiro atoms. The van der Waals surface area contributed by atoms with Gasteiger partial charge in [-0.25, -0.2) is 5.43 Å². The van der Waals surface area contributed by atoms with E-state index in [4.69, 9.17) is 14.5 Å². The number of benzene rings is 2. The standard InChI is InChI=1S/C52H67N7O7/c1-11-44(60)57-22-19-36(29-57)49(62)56(9)46(31(3)4)48(61)54-42-26-34-23-32(5)24-37(25-34)35-17-18-43-39(27-35)40(47(58(43)12-2)38-15-13-20-53-45(38)33(6)65-10)28-52(7,8)30-66-51(64)41-16-14-21-59(55-41)50(42)63/h11,13,15,17-18,20,23-25,27,31,33,36,41-42,46,55H,1,12,14,16,19,21-22,26,28-30H2,2-10H3,(H,54,61)/t33-,36?,41-,42-,46-/m0/s1. The molecular formula is C52H67N7O7. The number of nitrogens with one attached hydrogen (secondary N) is 2. The zero-order chi connectivity index (χ0) is 47.6. The number of carbonyl (C=O) groups excluding carboxylic acids is 5. The van der Waals surface area contributed by atoms with Gasteiger partial charge in [-0.3, -0.25) is 34.0 Å². The molecule has 0 radical (unpaired) electrons. The maximum Gasteiger partial charge on any atom is 0.324 e. The van der Waals surface area contributed by atoms with Gasteiger partial charge in [-0.15, -0.1) is 0 Å². The van der Waals surface area contributed by atoms with Crippen LogP contribution in [0.2, 0.25) is 0 Å². The minimum atomic E-state index is -1.05. The molecular weight excluding hydrogens is 835 g/mol. The summed E-state index contributed by atoms with van der Waals surface area (Å²) in [5.74, 6) is -2.56. The number of esters is 1. The number of nitrogens with zero attached hydrogens (tertiary/aromatic N) is 5. The summed E-state index contributed by atoms with van der Waals surface area (Å²) in [6.07, 6.45) is 5.02. The predicted molar refractivity (Wildman–Crippen MR) is 255 cm³/mol. The highest BCUT2D eigenvalue weighted by Gasteiger charge is 2.40. The minimum Gasteiger partial charge on any atom is -0.464 e. The first-order chi connectivity index (χ1) is 31.4. The molecule has 6 bridgehead atoms. The molecule has 66 heavy (non-hydrogen) atoms. The van der Waals surface area contributed by atoms with Gasteiger partial charge in [0.2, 0.25) is 17.7 Å². The average molecular weight is 902 g/mol. The van der Waals surface area contributed by atoms with E-state index in [1.807, 2.05) is 39.8 Å². The van der Waals surface area contributed by atoms with Gasteiger partial charge in [0.15, 0.2) is 0 Å². The number of hydrazine groups is 1. The number of likely N-dealkylation sites (N-methyl/N-ethyl adjacent to an activating group) is 1. The molecule has 5 heterocycles. The van der Waals surface area contributed by atoms with E-state index in [-0.39, 0.29) is 43.4 Å². The smallest absolute Gasteiger partial charge is 0.324 e. The largest absolute Gasteiger partial charge is 0.464 e. The first kappa shape index (κ1) is 48.1. The van der Waals surface area contributed by atoms with Gasteiger partial charge in [0.25, 0.3) is 5.91 Å². The van der Waals surface area contributed by atoms with Crippen LogP contribution in [-0.2, 0) is 52.8 Å². The van der Waals surface area contributed by atoms with Gasteiger partial charge >= 0.3 is 5.97 Å². The molecule has 0 aliphatic carbocycles. The van der Waals surface area contributed by atoms with Crippen molar-refractivity contribution < 1.29 is 33.4 Å². The Morgan fingerprint density at radius 1 is 1.08 bits per heavy atom. The Kier molecular flexibility index (Phi) is 14.5. The number of aryl methyl sites for hydroxylation is 2. The molecule has 4 aromatic rings. The molecule has 14 heteroatoms. The lowest BCUT2D eigenvalue weighted by Gasteiger charge is -2.37. The van der Waals surface area contributed by atoms with Crippen LogP contribution in [0.3, 0.4) is 0 Å². The van der Waals surface area contributed by atoms with Crippen LogP contribution in [0.5, 0.6) is 0 Å². The van der Waals surface area contributed by atoms with E-state index in [2.05, 4.69) is 79.1 Å². The summed E-state index contributed by atoms with van der Waals surface area (Å²) in [7, 11) is 3.30. The number of pyridine rings is 1. The van der Waals surface area contributed by atoms with Crippen molar-refractivity contribution >= 4 is 40.5 Å². The van der Waals surface area contributed by atoms with Crippen LogP contribution in [0.1, 0.15) is 89.3 Å². The Hall–Kier alpha value is -5.86. The second kappa shape index (κ2) is 19.9. The summed E-state index contributed by atoms with van der Waals surface area (Å²) in [6, 6.07) is 14.1. The number of hydrogen-bond acceptors (Lipinski definition) is 9. The van der Waals surface area contributed by atoms with E-state index in [0.717, 1.165) is 55.7 Å². The van der Waals surface area contributed by atoms with Crippen molar-refractivity contribution in [1.82, 2.24) is 35.1 Å². The maximum absolute atomic E-state index is 14.8. The molecule has 14 nitrogen and oxygen atoms in total. The third-order valence-electron chi connectivity index (χ3n) is 13.5. The molecule has 3 aliphatic rings. The molecule has 352 valence electrons. The highest BCUT2D eigenvalue weighted by Crippen LogP contribution is 2.42. The lowest BCUT2D eigenvalue weighted by molar-refractivity contribution is -0.155. The Morgan fingerprint density at radius 3 is 2.56 bits per heavy atom. The quantitative estimate of drug-likeness (QED) is 0.133. The summed E-state index contributed by atoms with van der Waals surface area (Å²) in [5, 5.41) is 5.60. The van der Waals surface area contributed by atoms with E-state index in [9.17, 15) is 24.0 Å². The second-order valence-corrected chi connectivity index (χ2v) is 19.5. The molecule has 7 rings (SSSR count). The number of fused-ring (bicyclic) bond motifs is 6. The molecule has 2 saturated heterocycles. The van der Waals surface area contributed by atoms with Gasteiger partial charge in [-0.05, 0) is 105 Å². The normalized spacial score (nSPS) is 21.0. The van der Waals surface area contributed by atoms with Gasteiger partial charge in [0, 0.05) is 74.8 Å². The predicted octanol–water partition coefficient (Wildman–Crippen LogP) is 6.57.